The third-order valence-corrected chi connectivity index (χ3v) is 6.94. The Morgan fingerprint density at radius 3 is 2.41 bits per heavy atom. The Kier molecular flexibility index (Phi) is 6.81. The van der Waals surface area contributed by atoms with E-state index < -0.39 is 12.0 Å². The predicted molar refractivity (Wildman–Crippen MR) is 143 cm³/mol. The van der Waals surface area contributed by atoms with Gasteiger partial charge in [0.2, 0.25) is 0 Å². The van der Waals surface area contributed by atoms with Crippen molar-refractivity contribution < 1.29 is 23.7 Å². The number of rotatable bonds is 9. The third-order valence-electron chi connectivity index (χ3n) is 6.94. The maximum absolute atomic E-state index is 6.21. The first-order chi connectivity index (χ1) is 18.9. The van der Waals surface area contributed by atoms with Gasteiger partial charge in [-0.25, -0.2) is 15.0 Å². The Balaban J connectivity index is 1.11. The van der Waals surface area contributed by atoms with E-state index in [-0.39, 0.29) is 18.3 Å². The van der Waals surface area contributed by atoms with Crippen LogP contribution in [0.5, 0.6) is 11.5 Å². The van der Waals surface area contributed by atoms with Gasteiger partial charge in [-0.15, -0.1) is 0 Å². The second-order valence-corrected chi connectivity index (χ2v) is 10.0. The van der Waals surface area contributed by atoms with Crippen molar-refractivity contribution >= 4 is 17.0 Å². The number of methoxy groups -OCH3 is 1. The van der Waals surface area contributed by atoms with Gasteiger partial charge < -0.3 is 34.7 Å². The molecule has 2 saturated heterocycles. The number of nitrogens with zero attached hydrogens (tertiary/aromatic N) is 4. The van der Waals surface area contributed by atoms with Gasteiger partial charge in [0.25, 0.3) is 0 Å². The molecule has 204 valence electrons. The highest BCUT2D eigenvalue weighted by atomic mass is 16.8. The maximum atomic E-state index is 6.21. The molecule has 6 rings (SSSR count). The number of nitrogens with two attached hydrogens (primary N) is 1. The zero-order valence-corrected chi connectivity index (χ0v) is 22.1. The van der Waals surface area contributed by atoms with Gasteiger partial charge in [-0.1, -0.05) is 24.3 Å². The second kappa shape index (κ2) is 10.4. The van der Waals surface area contributed by atoms with Gasteiger partial charge in [0.1, 0.15) is 42.7 Å². The van der Waals surface area contributed by atoms with Gasteiger partial charge in [-0.2, -0.15) is 0 Å². The first-order valence-corrected chi connectivity index (χ1v) is 12.9. The molecule has 0 amide bonds. The molecule has 11 heteroatoms. The fourth-order valence-corrected chi connectivity index (χ4v) is 5.02. The van der Waals surface area contributed by atoms with Gasteiger partial charge in [0.05, 0.1) is 13.4 Å². The minimum absolute atomic E-state index is 0.255. The molecule has 2 aliphatic rings. The van der Waals surface area contributed by atoms with E-state index in [4.69, 9.17) is 29.4 Å². The first-order valence-electron chi connectivity index (χ1n) is 12.9. The quantitative estimate of drug-likeness (QED) is 0.331. The van der Waals surface area contributed by atoms with Gasteiger partial charge in [0.15, 0.2) is 29.0 Å². The van der Waals surface area contributed by atoms with Crippen LogP contribution in [0.4, 0.5) is 5.82 Å². The van der Waals surface area contributed by atoms with Crippen molar-refractivity contribution in [3.63, 3.8) is 0 Å². The van der Waals surface area contributed by atoms with Crippen LogP contribution in [0.3, 0.4) is 0 Å². The topological polar surface area (TPSA) is 128 Å². The van der Waals surface area contributed by atoms with E-state index >= 15 is 0 Å². The van der Waals surface area contributed by atoms with Crippen molar-refractivity contribution in [2.45, 2.75) is 57.3 Å². The molecule has 4 atom stereocenters. The first kappa shape index (κ1) is 25.5. The van der Waals surface area contributed by atoms with Crippen molar-refractivity contribution in [1.82, 2.24) is 19.5 Å². The lowest BCUT2D eigenvalue weighted by Gasteiger charge is -2.24. The second-order valence-electron chi connectivity index (χ2n) is 10.0. The average Bonchev–Trinajstić information content (AvgIpc) is 3.62. The van der Waals surface area contributed by atoms with Gasteiger partial charge in [-0.05, 0) is 49.2 Å². The van der Waals surface area contributed by atoms with E-state index in [2.05, 4.69) is 20.3 Å². The normalized spacial score (nSPS) is 23.6. The Hall–Kier alpha value is -3.77. The molecule has 4 heterocycles. The molecule has 4 unspecified atom stereocenters. The lowest BCUT2D eigenvalue weighted by Crippen LogP contribution is -2.34. The van der Waals surface area contributed by atoms with E-state index in [0.29, 0.717) is 36.7 Å². The number of anilines is 1. The molecule has 0 aliphatic carbocycles. The average molecular weight is 533 g/mol. The molecule has 39 heavy (non-hydrogen) atoms. The van der Waals surface area contributed by atoms with E-state index in [1.54, 1.807) is 13.4 Å². The fraction of sp³-hybridized carbons (Fsp3) is 0.393. The highest BCUT2D eigenvalue weighted by Gasteiger charge is 2.55. The molecule has 2 fully saturated rings. The molecule has 2 aromatic carbocycles. The largest absolute Gasteiger partial charge is 0.497 e. The van der Waals surface area contributed by atoms with Gasteiger partial charge >= 0.3 is 0 Å². The standard InChI is InChI=1S/C28H32N6O5/c1-28(2)38-23-21(12-29)37-27(24(23)39-28)34-16-33-22-25(31-15-32-26(22)34)30-13-17-4-10-20(11-5-17)36-14-18-6-8-19(35-3)9-7-18/h4-11,15-16,21,23-24,27H,12-14,29H2,1-3H3,(H,30,31,32). The van der Waals surface area contributed by atoms with Crippen LogP contribution in [-0.4, -0.2) is 57.3 Å². The fourth-order valence-electron chi connectivity index (χ4n) is 5.02. The summed E-state index contributed by atoms with van der Waals surface area (Å²) in [5, 5.41) is 3.38. The predicted octanol–water partition coefficient (Wildman–Crippen LogP) is 3.40. The number of benzene rings is 2. The number of aromatic nitrogens is 4. The number of fused-ring (bicyclic) bond motifs is 2. The smallest absolute Gasteiger partial charge is 0.167 e. The van der Waals surface area contributed by atoms with Crippen LogP contribution in [0.2, 0.25) is 0 Å². The van der Waals surface area contributed by atoms with Crippen molar-refractivity contribution in [2.75, 3.05) is 19.0 Å². The molecule has 0 spiro atoms. The van der Waals surface area contributed by atoms with Crippen molar-refractivity contribution in [3.05, 3.63) is 72.3 Å². The molecular formula is C28H32N6O5. The summed E-state index contributed by atoms with van der Waals surface area (Å²) in [6.07, 6.45) is 1.92. The SMILES string of the molecule is COc1ccc(COc2ccc(CNc3ncnc4c3ncn4C3OC(CN)C4OC(C)(C)OC43)cc2)cc1. The molecule has 2 aromatic heterocycles. The Morgan fingerprint density at radius 1 is 0.949 bits per heavy atom. The summed E-state index contributed by atoms with van der Waals surface area (Å²) in [6.45, 7) is 5.16. The maximum Gasteiger partial charge on any atom is 0.167 e. The van der Waals surface area contributed by atoms with Crippen LogP contribution in [0.15, 0.2) is 61.2 Å². The number of nitrogens with one attached hydrogen (secondary N) is 1. The summed E-state index contributed by atoms with van der Waals surface area (Å²) < 4.78 is 31.4. The lowest BCUT2D eigenvalue weighted by atomic mass is 10.1. The summed E-state index contributed by atoms with van der Waals surface area (Å²) in [5.41, 5.74) is 9.39. The molecule has 3 N–H and O–H groups in total. The van der Waals surface area contributed by atoms with Crippen molar-refractivity contribution in [1.29, 1.82) is 0 Å². The van der Waals surface area contributed by atoms with Crippen LogP contribution < -0.4 is 20.5 Å². The minimum Gasteiger partial charge on any atom is -0.497 e. The molecule has 4 aromatic rings. The van der Waals surface area contributed by atoms with Crippen LogP contribution >= 0.6 is 0 Å². The van der Waals surface area contributed by atoms with E-state index in [1.165, 1.54) is 6.33 Å². The molecule has 2 aliphatic heterocycles. The molecule has 11 nitrogen and oxygen atoms in total. The Labute approximate surface area is 226 Å². The molecule has 0 saturated carbocycles. The van der Waals surface area contributed by atoms with Crippen LogP contribution in [0, 0.1) is 0 Å². The zero-order valence-electron chi connectivity index (χ0n) is 22.1. The van der Waals surface area contributed by atoms with Gasteiger partial charge in [-0.3, -0.25) is 4.57 Å². The summed E-state index contributed by atoms with van der Waals surface area (Å²) >= 11 is 0. The van der Waals surface area contributed by atoms with E-state index in [9.17, 15) is 0 Å². The summed E-state index contributed by atoms with van der Waals surface area (Å²) in [6, 6.07) is 15.8. The van der Waals surface area contributed by atoms with Crippen LogP contribution in [0.25, 0.3) is 11.2 Å². The molecule has 0 radical (unpaired) electrons. The highest BCUT2D eigenvalue weighted by molar-refractivity contribution is 5.82. The number of hydrogen-bond acceptors (Lipinski definition) is 10. The number of ether oxygens (including phenoxy) is 5. The minimum atomic E-state index is -0.709. The van der Waals surface area contributed by atoms with Crippen molar-refractivity contribution in [3.8, 4) is 11.5 Å². The van der Waals surface area contributed by atoms with E-state index in [0.717, 1.165) is 22.6 Å². The summed E-state index contributed by atoms with van der Waals surface area (Å²) in [7, 11) is 1.65. The highest BCUT2D eigenvalue weighted by Crippen LogP contribution is 2.43. The Morgan fingerprint density at radius 2 is 1.67 bits per heavy atom. The van der Waals surface area contributed by atoms with Crippen LogP contribution in [-0.2, 0) is 27.4 Å². The molecule has 0 bridgehead atoms. The lowest BCUT2D eigenvalue weighted by molar-refractivity contribution is -0.195. The van der Waals surface area contributed by atoms with E-state index in [1.807, 2.05) is 66.9 Å². The third kappa shape index (κ3) is 5.13. The monoisotopic (exact) mass is 532 g/mol. The molecular weight excluding hydrogens is 500 g/mol. The van der Waals surface area contributed by atoms with Gasteiger partial charge in [0, 0.05) is 13.1 Å². The summed E-state index contributed by atoms with van der Waals surface area (Å²) in [4.78, 5) is 13.5. The number of imidazole rings is 1. The summed E-state index contributed by atoms with van der Waals surface area (Å²) in [5.74, 6) is 1.54. The zero-order chi connectivity index (χ0) is 27.0. The van der Waals surface area contributed by atoms with Crippen LogP contribution in [0.1, 0.15) is 31.2 Å². The number of hydrogen-bond donors (Lipinski definition) is 2. The Bertz CT molecular complexity index is 1420. The van der Waals surface area contributed by atoms with Crippen molar-refractivity contribution in [2.24, 2.45) is 5.73 Å².